The molecule has 0 saturated heterocycles. The van der Waals surface area contributed by atoms with Gasteiger partial charge in [-0.2, -0.15) is 0 Å². The predicted molar refractivity (Wildman–Crippen MR) is 80.1 cm³/mol. The third-order valence-electron chi connectivity index (χ3n) is 2.74. The first kappa shape index (κ1) is 13.7. The van der Waals surface area contributed by atoms with Crippen LogP contribution in [0, 0.1) is 6.92 Å². The smallest absolute Gasteiger partial charge is 0.171 e. The molecule has 0 amide bonds. The van der Waals surface area contributed by atoms with Gasteiger partial charge in [-0.25, -0.2) is 15.0 Å². The van der Waals surface area contributed by atoms with Crippen LogP contribution in [0.4, 0.5) is 11.6 Å². The van der Waals surface area contributed by atoms with Crippen molar-refractivity contribution in [1.82, 2.24) is 15.0 Å². The maximum Gasteiger partial charge on any atom is 0.171 e. The van der Waals surface area contributed by atoms with Gasteiger partial charge < -0.3 is 10.2 Å². The number of rotatable bonds is 5. The van der Waals surface area contributed by atoms with Gasteiger partial charge in [0.15, 0.2) is 11.6 Å². The van der Waals surface area contributed by atoms with Gasteiger partial charge in [0.05, 0.1) is 5.01 Å². The molecule has 1 atom stereocenters. The van der Waals surface area contributed by atoms with Crippen LogP contribution in [0.25, 0.3) is 0 Å². The molecular formula is C13H19N5S. The minimum atomic E-state index is 0.357. The first-order valence-electron chi connectivity index (χ1n) is 6.22. The SMILES string of the molecule is Cc1cnc(C(C)CNc2nccnc2N(C)C)s1. The highest BCUT2D eigenvalue weighted by molar-refractivity contribution is 7.11. The molecule has 0 bridgehead atoms. The molecular weight excluding hydrogens is 258 g/mol. The quantitative estimate of drug-likeness (QED) is 0.910. The normalized spacial score (nSPS) is 12.2. The van der Waals surface area contributed by atoms with Gasteiger partial charge in [-0.05, 0) is 6.92 Å². The molecule has 0 aromatic carbocycles. The third kappa shape index (κ3) is 3.41. The maximum atomic E-state index is 4.42. The first-order valence-corrected chi connectivity index (χ1v) is 7.04. The van der Waals surface area contributed by atoms with E-state index in [1.165, 1.54) is 4.88 Å². The van der Waals surface area contributed by atoms with Gasteiger partial charge >= 0.3 is 0 Å². The molecule has 0 radical (unpaired) electrons. The highest BCUT2D eigenvalue weighted by Crippen LogP contribution is 2.23. The Bertz CT molecular complexity index is 537. The van der Waals surface area contributed by atoms with Gasteiger partial charge in [0.2, 0.25) is 0 Å². The summed E-state index contributed by atoms with van der Waals surface area (Å²) in [6.07, 6.45) is 5.33. The van der Waals surface area contributed by atoms with Crippen molar-refractivity contribution in [2.75, 3.05) is 30.9 Å². The first-order chi connectivity index (χ1) is 9.08. The topological polar surface area (TPSA) is 53.9 Å². The third-order valence-corrected chi connectivity index (χ3v) is 3.88. The number of thiazole rings is 1. The largest absolute Gasteiger partial charge is 0.366 e. The fourth-order valence-electron chi connectivity index (χ4n) is 1.72. The summed E-state index contributed by atoms with van der Waals surface area (Å²) in [5.74, 6) is 2.02. The van der Waals surface area contributed by atoms with Gasteiger partial charge in [0, 0.05) is 50.0 Å². The number of anilines is 2. The van der Waals surface area contributed by atoms with E-state index in [1.807, 2.05) is 25.2 Å². The minimum absolute atomic E-state index is 0.357. The molecule has 2 rings (SSSR count). The Morgan fingerprint density at radius 1 is 1.26 bits per heavy atom. The molecule has 0 spiro atoms. The summed E-state index contributed by atoms with van der Waals surface area (Å²) in [7, 11) is 3.92. The lowest BCUT2D eigenvalue weighted by molar-refractivity contribution is 0.790. The van der Waals surface area contributed by atoms with Crippen LogP contribution < -0.4 is 10.2 Å². The molecule has 0 saturated carbocycles. The van der Waals surface area contributed by atoms with Crippen molar-refractivity contribution in [1.29, 1.82) is 0 Å². The summed E-state index contributed by atoms with van der Waals surface area (Å²) in [4.78, 5) is 16.3. The molecule has 6 heteroatoms. The number of nitrogens with one attached hydrogen (secondary N) is 1. The van der Waals surface area contributed by atoms with Gasteiger partial charge in [-0.3, -0.25) is 0 Å². The van der Waals surface area contributed by atoms with Gasteiger partial charge in [0.1, 0.15) is 0 Å². The fraction of sp³-hybridized carbons (Fsp3) is 0.462. The van der Waals surface area contributed by atoms with Crippen LogP contribution in [0.2, 0.25) is 0 Å². The number of nitrogens with zero attached hydrogens (tertiary/aromatic N) is 4. The van der Waals surface area contributed by atoms with E-state index in [2.05, 4.69) is 34.1 Å². The molecule has 0 aliphatic carbocycles. The van der Waals surface area contributed by atoms with Crippen molar-refractivity contribution >= 4 is 23.0 Å². The molecule has 5 nitrogen and oxygen atoms in total. The summed E-state index contributed by atoms with van der Waals surface area (Å²) in [6.45, 7) is 5.04. The van der Waals surface area contributed by atoms with Crippen molar-refractivity contribution in [2.24, 2.45) is 0 Å². The highest BCUT2D eigenvalue weighted by Gasteiger charge is 2.12. The van der Waals surface area contributed by atoms with Crippen molar-refractivity contribution in [3.8, 4) is 0 Å². The number of aromatic nitrogens is 3. The highest BCUT2D eigenvalue weighted by atomic mass is 32.1. The van der Waals surface area contributed by atoms with Crippen LogP contribution in [-0.4, -0.2) is 35.6 Å². The standard InChI is InChI=1S/C13H19N5S/c1-9(13-17-8-10(2)19-13)7-16-11-12(18(3)4)15-6-5-14-11/h5-6,8-9H,7H2,1-4H3,(H,14,16). The molecule has 0 aliphatic heterocycles. The van der Waals surface area contributed by atoms with Gasteiger partial charge in [0.25, 0.3) is 0 Å². The lowest BCUT2D eigenvalue weighted by Crippen LogP contribution is -2.17. The summed E-state index contributed by atoms with van der Waals surface area (Å²) >= 11 is 1.74. The van der Waals surface area contributed by atoms with E-state index in [1.54, 1.807) is 23.7 Å². The Labute approximate surface area is 117 Å². The number of aryl methyl sites for hydroxylation is 1. The van der Waals surface area contributed by atoms with E-state index in [9.17, 15) is 0 Å². The molecule has 19 heavy (non-hydrogen) atoms. The second kappa shape index (κ2) is 5.97. The summed E-state index contributed by atoms with van der Waals surface area (Å²) < 4.78 is 0. The molecule has 0 aliphatic rings. The van der Waals surface area contributed by atoms with Crippen LogP contribution in [0.1, 0.15) is 22.7 Å². The Morgan fingerprint density at radius 2 is 2.00 bits per heavy atom. The summed E-state index contributed by atoms with van der Waals surface area (Å²) in [5.41, 5.74) is 0. The van der Waals surface area contributed by atoms with Crippen molar-refractivity contribution in [3.05, 3.63) is 28.5 Å². The number of hydrogen-bond acceptors (Lipinski definition) is 6. The van der Waals surface area contributed by atoms with Crippen molar-refractivity contribution < 1.29 is 0 Å². The predicted octanol–water partition coefficient (Wildman–Crippen LogP) is 2.52. The Morgan fingerprint density at radius 3 is 2.63 bits per heavy atom. The molecule has 0 fully saturated rings. The average Bonchev–Trinajstić information content (AvgIpc) is 2.83. The molecule has 2 aromatic heterocycles. The monoisotopic (exact) mass is 277 g/mol. The minimum Gasteiger partial charge on any atom is -0.366 e. The fourth-order valence-corrected chi connectivity index (χ4v) is 2.54. The van der Waals surface area contributed by atoms with Crippen LogP contribution >= 0.6 is 11.3 Å². The zero-order valence-electron chi connectivity index (χ0n) is 11.7. The van der Waals surface area contributed by atoms with Crippen molar-refractivity contribution in [2.45, 2.75) is 19.8 Å². The van der Waals surface area contributed by atoms with Gasteiger partial charge in [-0.15, -0.1) is 11.3 Å². The van der Waals surface area contributed by atoms with Crippen LogP contribution in [0.5, 0.6) is 0 Å². The van der Waals surface area contributed by atoms with Gasteiger partial charge in [-0.1, -0.05) is 6.92 Å². The second-order valence-electron chi connectivity index (χ2n) is 4.71. The van der Waals surface area contributed by atoms with Crippen LogP contribution in [-0.2, 0) is 0 Å². The van der Waals surface area contributed by atoms with E-state index in [4.69, 9.17) is 0 Å². The zero-order valence-corrected chi connectivity index (χ0v) is 12.5. The maximum absolute atomic E-state index is 4.42. The van der Waals surface area contributed by atoms with E-state index in [0.29, 0.717) is 5.92 Å². The second-order valence-corrected chi connectivity index (χ2v) is 5.98. The lowest BCUT2D eigenvalue weighted by atomic mass is 10.2. The average molecular weight is 277 g/mol. The Kier molecular flexibility index (Phi) is 4.31. The van der Waals surface area contributed by atoms with Crippen LogP contribution in [0.15, 0.2) is 18.6 Å². The van der Waals surface area contributed by atoms with E-state index >= 15 is 0 Å². The number of hydrogen-bond donors (Lipinski definition) is 1. The van der Waals surface area contributed by atoms with E-state index in [0.717, 1.165) is 23.2 Å². The summed E-state index contributed by atoms with van der Waals surface area (Å²) in [6, 6.07) is 0. The van der Waals surface area contributed by atoms with E-state index < -0.39 is 0 Å². The van der Waals surface area contributed by atoms with Crippen LogP contribution in [0.3, 0.4) is 0 Å². The molecule has 2 aromatic rings. The lowest BCUT2D eigenvalue weighted by Gasteiger charge is -2.17. The van der Waals surface area contributed by atoms with Crippen molar-refractivity contribution in [3.63, 3.8) is 0 Å². The molecule has 1 unspecified atom stereocenters. The van der Waals surface area contributed by atoms with E-state index in [-0.39, 0.29) is 0 Å². The Hall–Kier alpha value is -1.69. The Balaban J connectivity index is 2.03. The molecule has 102 valence electrons. The summed E-state index contributed by atoms with van der Waals surface area (Å²) in [5, 5.41) is 4.51. The molecule has 1 N–H and O–H groups in total. The molecule has 2 heterocycles. The zero-order chi connectivity index (χ0) is 13.8.